The van der Waals surface area contributed by atoms with Gasteiger partial charge in [0.25, 0.3) is 0 Å². The van der Waals surface area contributed by atoms with Crippen LogP contribution in [0.1, 0.15) is 155 Å². The summed E-state index contributed by atoms with van der Waals surface area (Å²) in [6.07, 6.45) is 69.3. The third-order valence-electron chi connectivity index (χ3n) is 9.71. The molecule has 0 rings (SSSR count). The summed E-state index contributed by atoms with van der Waals surface area (Å²) in [6, 6.07) is 0. The molecule has 0 saturated carbocycles. The lowest BCUT2D eigenvalue weighted by molar-refractivity contribution is -0.870. The normalized spacial score (nSPS) is 14.7. The van der Waals surface area contributed by atoms with Gasteiger partial charge in [-0.1, -0.05) is 173 Å². The zero-order chi connectivity index (χ0) is 47.6. The molecular formula is C56H93NO7P+. The summed E-state index contributed by atoms with van der Waals surface area (Å²) in [4.78, 5) is 23.0. The molecule has 0 aromatic heterocycles. The maximum absolute atomic E-state index is 12.8. The molecule has 1 N–H and O–H groups in total. The van der Waals surface area contributed by atoms with Crippen molar-refractivity contribution in [3.05, 3.63) is 134 Å². The van der Waals surface area contributed by atoms with E-state index in [1.54, 1.807) is 0 Å². The Labute approximate surface area is 398 Å². The number of phosphoric ester groups is 1. The van der Waals surface area contributed by atoms with Gasteiger partial charge in [-0.15, -0.1) is 0 Å². The lowest BCUT2D eigenvalue weighted by Crippen LogP contribution is -2.37. The number of esters is 1. The van der Waals surface area contributed by atoms with Crippen molar-refractivity contribution < 1.29 is 37.3 Å². The van der Waals surface area contributed by atoms with Crippen LogP contribution >= 0.6 is 7.82 Å². The second-order valence-corrected chi connectivity index (χ2v) is 18.5. The third kappa shape index (κ3) is 51.5. The minimum Gasteiger partial charge on any atom is -0.457 e. The van der Waals surface area contributed by atoms with E-state index in [2.05, 4.69) is 148 Å². The van der Waals surface area contributed by atoms with Crippen LogP contribution in [0, 0.1) is 0 Å². The quantitative estimate of drug-likeness (QED) is 0.0214. The van der Waals surface area contributed by atoms with Gasteiger partial charge < -0.3 is 18.9 Å². The molecule has 0 aromatic carbocycles. The summed E-state index contributed by atoms with van der Waals surface area (Å²) < 4.78 is 35.1. The zero-order valence-electron chi connectivity index (χ0n) is 41.7. The summed E-state index contributed by atoms with van der Waals surface area (Å²) in [7, 11) is 1.60. The lowest BCUT2D eigenvalue weighted by atomic mass is 10.1. The number of carbonyl (C=O) groups is 1. The Kier molecular flexibility index (Phi) is 44.7. The summed E-state index contributed by atoms with van der Waals surface area (Å²) in [5.74, 6) is -0.351. The van der Waals surface area contributed by atoms with Crippen LogP contribution in [0.3, 0.4) is 0 Å². The summed E-state index contributed by atoms with van der Waals surface area (Å²) >= 11 is 0. The van der Waals surface area contributed by atoms with Crippen molar-refractivity contribution in [2.24, 2.45) is 0 Å². The van der Waals surface area contributed by atoms with Crippen LogP contribution in [-0.4, -0.2) is 75.6 Å². The highest BCUT2D eigenvalue weighted by molar-refractivity contribution is 7.47. The molecule has 368 valence electrons. The Morgan fingerprint density at radius 1 is 0.477 bits per heavy atom. The number of unbranched alkanes of at least 4 members (excludes halogenated alkanes) is 8. The highest BCUT2D eigenvalue weighted by Gasteiger charge is 2.26. The molecule has 65 heavy (non-hydrogen) atoms. The molecule has 0 heterocycles. The van der Waals surface area contributed by atoms with Gasteiger partial charge in [0.2, 0.25) is 0 Å². The number of ether oxygens (including phenoxy) is 2. The number of quaternary nitrogens is 1. The largest absolute Gasteiger partial charge is 0.472 e. The number of nitrogens with zero attached hydrogens (tertiary/aromatic N) is 1. The second kappa shape index (κ2) is 47.1. The van der Waals surface area contributed by atoms with E-state index in [0.717, 1.165) is 135 Å². The Morgan fingerprint density at radius 3 is 1.26 bits per heavy atom. The first-order valence-electron chi connectivity index (χ1n) is 24.9. The predicted octanol–water partition coefficient (Wildman–Crippen LogP) is 15.5. The number of carbonyl (C=O) groups excluding carboxylic acids is 1. The van der Waals surface area contributed by atoms with E-state index in [1.807, 2.05) is 21.1 Å². The monoisotopic (exact) mass is 923 g/mol. The molecule has 0 spiro atoms. The highest BCUT2D eigenvalue weighted by atomic mass is 31.2. The molecule has 0 aromatic rings. The molecule has 0 aliphatic rings. The Bertz CT molecular complexity index is 1490. The fourth-order valence-corrected chi connectivity index (χ4v) is 6.68. The maximum atomic E-state index is 12.8. The smallest absolute Gasteiger partial charge is 0.457 e. The highest BCUT2D eigenvalue weighted by Crippen LogP contribution is 2.43. The first kappa shape index (κ1) is 61.6. The zero-order valence-corrected chi connectivity index (χ0v) is 42.6. The minimum atomic E-state index is -4.31. The van der Waals surface area contributed by atoms with Crippen LogP contribution in [0.5, 0.6) is 0 Å². The number of hydrogen-bond donors (Lipinski definition) is 1. The first-order chi connectivity index (χ1) is 31.6. The molecule has 0 aliphatic heterocycles. The van der Waals surface area contributed by atoms with Gasteiger partial charge in [-0.3, -0.25) is 13.8 Å². The van der Waals surface area contributed by atoms with Crippen LogP contribution in [0.25, 0.3) is 0 Å². The van der Waals surface area contributed by atoms with Gasteiger partial charge in [-0.05, 0) is 109 Å². The Morgan fingerprint density at radius 2 is 0.846 bits per heavy atom. The van der Waals surface area contributed by atoms with E-state index in [9.17, 15) is 14.3 Å². The van der Waals surface area contributed by atoms with E-state index in [-0.39, 0.29) is 32.2 Å². The summed E-state index contributed by atoms with van der Waals surface area (Å²) in [5, 5.41) is 0. The van der Waals surface area contributed by atoms with Gasteiger partial charge >= 0.3 is 13.8 Å². The summed E-state index contributed by atoms with van der Waals surface area (Å²) in [6.45, 7) is 5.24. The van der Waals surface area contributed by atoms with Crippen molar-refractivity contribution >= 4 is 13.8 Å². The fourth-order valence-electron chi connectivity index (χ4n) is 5.93. The van der Waals surface area contributed by atoms with Gasteiger partial charge in [-0.25, -0.2) is 4.57 Å². The van der Waals surface area contributed by atoms with Crippen molar-refractivity contribution in [1.82, 2.24) is 0 Å². The van der Waals surface area contributed by atoms with Crippen molar-refractivity contribution in [1.29, 1.82) is 0 Å². The SMILES string of the molecule is CC/C=C\C/C=C\C/C=C\C/C=C\C/C=C\C/C=C\CCCCCOCC(COP(=O)(O)OCC[N+](C)(C)C)OC(=O)CCCCCCC/C=C\C/C=C\C/C=C\C/C=C\C/C=C\CC. The van der Waals surface area contributed by atoms with E-state index >= 15 is 0 Å². The Balaban J connectivity index is 4.33. The number of allylic oxidation sites excluding steroid dienone is 22. The molecule has 9 heteroatoms. The van der Waals surface area contributed by atoms with Crippen molar-refractivity contribution in [3.8, 4) is 0 Å². The van der Waals surface area contributed by atoms with E-state index < -0.39 is 13.9 Å². The molecule has 0 amide bonds. The van der Waals surface area contributed by atoms with E-state index in [1.165, 1.54) is 0 Å². The van der Waals surface area contributed by atoms with Gasteiger partial charge in [0.05, 0.1) is 34.4 Å². The topological polar surface area (TPSA) is 91.3 Å². The average molecular weight is 923 g/mol. The first-order valence-corrected chi connectivity index (χ1v) is 26.4. The van der Waals surface area contributed by atoms with Crippen LogP contribution in [0.15, 0.2) is 134 Å². The standard InChI is InChI=1S/C56H92NO7P/c1-6-8-10-12-14-16-18-20-22-24-26-28-30-32-34-36-38-40-42-44-46-48-51-61-53-55(54-63-65(59,60)62-52-50-57(3,4)5)64-56(58)49-47-45-43-41-39-37-35-33-31-29-27-25-23-21-19-17-15-13-11-9-7-2/h8-11,14-17,20-23,26-29,32-35,38,40,55H,6-7,12-13,18-19,24-25,30-31,36-37,39,41-54H2,1-5H3/p+1/b10-8-,11-9-,16-14-,17-15-,22-20-,23-21-,28-26-,29-27-,34-32-,35-33-,40-38-. The number of rotatable bonds is 44. The van der Waals surface area contributed by atoms with Crippen LogP contribution in [0.4, 0.5) is 0 Å². The molecule has 0 aliphatic carbocycles. The van der Waals surface area contributed by atoms with Crippen LogP contribution < -0.4 is 0 Å². The molecule has 2 atom stereocenters. The molecule has 0 fully saturated rings. The van der Waals surface area contributed by atoms with Crippen molar-refractivity contribution in [2.75, 3.05) is 54.1 Å². The van der Waals surface area contributed by atoms with Crippen molar-refractivity contribution in [2.45, 2.75) is 161 Å². The van der Waals surface area contributed by atoms with Gasteiger partial charge in [0, 0.05) is 13.0 Å². The average Bonchev–Trinajstić information content (AvgIpc) is 3.27. The van der Waals surface area contributed by atoms with Gasteiger partial charge in [0.15, 0.2) is 0 Å². The number of phosphoric acid groups is 1. The number of hydrogen-bond acceptors (Lipinski definition) is 6. The van der Waals surface area contributed by atoms with Crippen LogP contribution in [-0.2, 0) is 27.9 Å². The molecule has 8 nitrogen and oxygen atoms in total. The predicted molar refractivity (Wildman–Crippen MR) is 279 cm³/mol. The van der Waals surface area contributed by atoms with Gasteiger partial charge in [-0.2, -0.15) is 0 Å². The lowest BCUT2D eigenvalue weighted by Gasteiger charge is -2.24. The molecule has 0 saturated heterocycles. The minimum absolute atomic E-state index is 0.0686. The third-order valence-corrected chi connectivity index (χ3v) is 10.7. The Hall–Kier alpha value is -3.36. The molecule has 0 radical (unpaired) electrons. The molecular weight excluding hydrogens is 830 g/mol. The molecule has 2 unspecified atom stereocenters. The second-order valence-electron chi connectivity index (χ2n) is 17.1. The van der Waals surface area contributed by atoms with E-state index in [4.69, 9.17) is 18.5 Å². The fraction of sp³-hybridized carbons (Fsp3) is 0.589. The van der Waals surface area contributed by atoms with Gasteiger partial charge in [0.1, 0.15) is 19.3 Å². The molecule has 0 bridgehead atoms. The van der Waals surface area contributed by atoms with Crippen molar-refractivity contribution in [3.63, 3.8) is 0 Å². The number of likely N-dealkylation sites (N-methyl/N-ethyl adjacent to an activating group) is 1. The van der Waals surface area contributed by atoms with Crippen LogP contribution in [0.2, 0.25) is 0 Å². The van der Waals surface area contributed by atoms with E-state index in [0.29, 0.717) is 17.6 Å². The maximum Gasteiger partial charge on any atom is 0.472 e. The summed E-state index contributed by atoms with van der Waals surface area (Å²) in [5.41, 5.74) is 0.